The lowest BCUT2D eigenvalue weighted by molar-refractivity contribution is 1.17. The lowest BCUT2D eigenvalue weighted by atomic mass is 10.0. The number of halogens is 3. The summed E-state index contributed by atoms with van der Waals surface area (Å²) in [6.07, 6.45) is 1.49. The Bertz CT molecular complexity index is 789. The quantitative estimate of drug-likeness (QED) is 0.555. The lowest BCUT2D eigenvalue weighted by Gasteiger charge is -2.09. The fraction of sp³-hybridized carbons (Fsp3) is 0. The molecule has 3 aromatic rings. The molecule has 0 saturated carbocycles. The molecule has 21 heavy (non-hydrogen) atoms. The molecule has 0 unspecified atom stereocenters. The molecule has 2 nitrogen and oxygen atoms in total. The molecule has 0 amide bonds. The Morgan fingerprint density at radius 2 is 1.52 bits per heavy atom. The summed E-state index contributed by atoms with van der Waals surface area (Å²) >= 11 is 18.3. The van der Waals surface area contributed by atoms with E-state index in [0.29, 0.717) is 15.7 Å². The van der Waals surface area contributed by atoms with Crippen molar-refractivity contribution in [3.63, 3.8) is 0 Å². The molecule has 0 spiro atoms. The van der Waals surface area contributed by atoms with E-state index in [1.807, 2.05) is 48.5 Å². The van der Waals surface area contributed by atoms with Crippen LogP contribution in [0.3, 0.4) is 0 Å². The third kappa shape index (κ3) is 3.03. The van der Waals surface area contributed by atoms with Crippen LogP contribution in [0.15, 0.2) is 54.7 Å². The third-order valence-electron chi connectivity index (χ3n) is 3.04. The van der Waals surface area contributed by atoms with Crippen LogP contribution >= 0.6 is 34.8 Å². The second-order valence-electron chi connectivity index (χ2n) is 4.40. The van der Waals surface area contributed by atoms with Crippen molar-refractivity contribution in [2.75, 3.05) is 0 Å². The van der Waals surface area contributed by atoms with Crippen molar-refractivity contribution >= 4 is 34.8 Å². The number of hydrogen-bond donors (Lipinski definition) is 0. The van der Waals surface area contributed by atoms with Gasteiger partial charge in [-0.1, -0.05) is 59.6 Å². The Morgan fingerprint density at radius 3 is 2.29 bits per heavy atom. The van der Waals surface area contributed by atoms with Crippen molar-refractivity contribution in [3.05, 3.63) is 70.1 Å². The molecule has 5 heteroatoms. The highest BCUT2D eigenvalue weighted by atomic mass is 35.5. The minimum Gasteiger partial charge on any atom is -0.225 e. The van der Waals surface area contributed by atoms with Gasteiger partial charge in [-0.2, -0.15) is 0 Å². The van der Waals surface area contributed by atoms with E-state index in [0.717, 1.165) is 16.7 Å². The molecule has 0 fully saturated rings. The average Bonchev–Trinajstić information content (AvgIpc) is 2.51. The van der Waals surface area contributed by atoms with Crippen LogP contribution in [-0.2, 0) is 0 Å². The maximum atomic E-state index is 6.30. The van der Waals surface area contributed by atoms with Crippen molar-refractivity contribution in [1.82, 2.24) is 9.97 Å². The van der Waals surface area contributed by atoms with E-state index in [1.165, 1.54) is 6.20 Å². The smallest absolute Gasteiger partial charge is 0.222 e. The van der Waals surface area contributed by atoms with Crippen LogP contribution in [0.2, 0.25) is 15.3 Å². The summed E-state index contributed by atoms with van der Waals surface area (Å²) in [5, 5.41) is 1.27. The predicted molar refractivity (Wildman–Crippen MR) is 87.9 cm³/mol. The molecule has 1 aromatic heterocycles. The van der Waals surface area contributed by atoms with Crippen molar-refractivity contribution in [3.8, 4) is 22.4 Å². The van der Waals surface area contributed by atoms with E-state index in [9.17, 15) is 0 Å². The zero-order chi connectivity index (χ0) is 14.8. The predicted octanol–water partition coefficient (Wildman–Crippen LogP) is 5.77. The van der Waals surface area contributed by atoms with E-state index >= 15 is 0 Å². The summed E-state index contributed by atoms with van der Waals surface area (Å²) in [4.78, 5) is 8.05. The molecular weight excluding hydrogens is 327 g/mol. The summed E-state index contributed by atoms with van der Waals surface area (Å²) in [6.45, 7) is 0. The first-order valence-corrected chi connectivity index (χ1v) is 7.32. The standard InChI is InChI=1S/C16H9Cl3N2/c17-13-7-6-11(15-14(18)9-20-16(19)21-15)8-12(13)10-4-2-1-3-5-10/h1-9H. The van der Waals surface area contributed by atoms with Gasteiger partial charge in [0.1, 0.15) is 0 Å². The van der Waals surface area contributed by atoms with Crippen molar-refractivity contribution in [2.45, 2.75) is 0 Å². The van der Waals surface area contributed by atoms with Crippen LogP contribution in [0.1, 0.15) is 0 Å². The van der Waals surface area contributed by atoms with Gasteiger partial charge in [-0.05, 0) is 29.3 Å². The Morgan fingerprint density at radius 1 is 0.762 bits per heavy atom. The molecule has 0 atom stereocenters. The van der Waals surface area contributed by atoms with Gasteiger partial charge in [0.2, 0.25) is 5.28 Å². The molecule has 104 valence electrons. The molecule has 3 rings (SSSR count). The Labute approximate surface area is 137 Å². The average molecular weight is 336 g/mol. The first-order valence-electron chi connectivity index (χ1n) is 6.18. The molecular formula is C16H9Cl3N2. The summed E-state index contributed by atoms with van der Waals surface area (Å²) in [5.41, 5.74) is 3.37. The maximum Gasteiger partial charge on any atom is 0.222 e. The number of nitrogens with zero attached hydrogens (tertiary/aromatic N) is 2. The normalized spacial score (nSPS) is 10.6. The summed E-state index contributed by atoms with van der Waals surface area (Å²) < 4.78 is 0. The number of hydrogen-bond acceptors (Lipinski definition) is 2. The molecule has 0 bridgehead atoms. The summed E-state index contributed by atoms with van der Waals surface area (Å²) in [6, 6.07) is 15.5. The van der Waals surface area contributed by atoms with Crippen LogP contribution in [0.4, 0.5) is 0 Å². The van der Waals surface area contributed by atoms with Gasteiger partial charge in [-0.25, -0.2) is 9.97 Å². The van der Waals surface area contributed by atoms with Crippen molar-refractivity contribution < 1.29 is 0 Å². The van der Waals surface area contributed by atoms with Gasteiger partial charge in [0.25, 0.3) is 0 Å². The zero-order valence-electron chi connectivity index (χ0n) is 10.7. The first kappa shape index (κ1) is 14.3. The van der Waals surface area contributed by atoms with E-state index < -0.39 is 0 Å². The van der Waals surface area contributed by atoms with E-state index in [1.54, 1.807) is 0 Å². The topological polar surface area (TPSA) is 25.8 Å². The SMILES string of the molecule is Clc1ncc(Cl)c(-c2ccc(Cl)c(-c3ccccc3)c2)n1. The third-order valence-corrected chi connectivity index (χ3v) is 3.83. The highest BCUT2D eigenvalue weighted by molar-refractivity contribution is 6.34. The van der Waals surface area contributed by atoms with Gasteiger partial charge in [0.15, 0.2) is 0 Å². The van der Waals surface area contributed by atoms with Crippen LogP contribution in [0, 0.1) is 0 Å². The minimum absolute atomic E-state index is 0.158. The van der Waals surface area contributed by atoms with E-state index in [-0.39, 0.29) is 5.28 Å². The van der Waals surface area contributed by atoms with Crippen molar-refractivity contribution in [1.29, 1.82) is 0 Å². The van der Waals surface area contributed by atoms with Crippen LogP contribution in [0.25, 0.3) is 22.4 Å². The Kier molecular flexibility index (Phi) is 4.11. The van der Waals surface area contributed by atoms with Gasteiger partial charge in [0, 0.05) is 16.1 Å². The molecule has 2 aromatic carbocycles. The largest absolute Gasteiger partial charge is 0.225 e. The Hall–Kier alpha value is -1.61. The second-order valence-corrected chi connectivity index (χ2v) is 5.55. The molecule has 0 aliphatic heterocycles. The number of benzene rings is 2. The lowest BCUT2D eigenvalue weighted by Crippen LogP contribution is -1.90. The van der Waals surface area contributed by atoms with Crippen LogP contribution in [0.5, 0.6) is 0 Å². The highest BCUT2D eigenvalue weighted by Crippen LogP contribution is 2.34. The molecule has 1 heterocycles. The van der Waals surface area contributed by atoms with Gasteiger partial charge < -0.3 is 0 Å². The van der Waals surface area contributed by atoms with Crippen LogP contribution < -0.4 is 0 Å². The van der Waals surface area contributed by atoms with Crippen LogP contribution in [-0.4, -0.2) is 9.97 Å². The zero-order valence-corrected chi connectivity index (χ0v) is 13.0. The fourth-order valence-corrected chi connectivity index (χ4v) is 2.62. The highest BCUT2D eigenvalue weighted by Gasteiger charge is 2.11. The molecule has 0 saturated heterocycles. The molecule has 0 aliphatic carbocycles. The van der Waals surface area contributed by atoms with Gasteiger partial charge >= 0.3 is 0 Å². The first-order chi connectivity index (χ1) is 10.1. The fourth-order valence-electron chi connectivity index (χ4n) is 2.06. The molecule has 0 N–H and O–H groups in total. The van der Waals surface area contributed by atoms with Gasteiger partial charge in [-0.3, -0.25) is 0 Å². The number of aromatic nitrogens is 2. The van der Waals surface area contributed by atoms with Gasteiger partial charge in [-0.15, -0.1) is 0 Å². The second kappa shape index (κ2) is 6.02. The van der Waals surface area contributed by atoms with E-state index in [2.05, 4.69) is 9.97 Å². The van der Waals surface area contributed by atoms with Gasteiger partial charge in [0.05, 0.1) is 16.9 Å². The molecule has 0 radical (unpaired) electrons. The molecule has 0 aliphatic rings. The minimum atomic E-state index is 0.158. The number of rotatable bonds is 2. The van der Waals surface area contributed by atoms with E-state index in [4.69, 9.17) is 34.8 Å². The maximum absolute atomic E-state index is 6.30. The summed E-state index contributed by atoms with van der Waals surface area (Å²) in [7, 11) is 0. The summed E-state index contributed by atoms with van der Waals surface area (Å²) in [5.74, 6) is 0. The monoisotopic (exact) mass is 334 g/mol. The van der Waals surface area contributed by atoms with Crippen molar-refractivity contribution in [2.24, 2.45) is 0 Å². The Balaban J connectivity index is 2.16.